The number of aromatic amines is 1. The van der Waals surface area contributed by atoms with Crippen LogP contribution in [-0.4, -0.2) is 29.3 Å². The molecule has 0 atom stereocenters. The molecule has 6 heteroatoms. The average molecular weight is 260 g/mol. The molecule has 0 aliphatic heterocycles. The minimum atomic E-state index is -0.164. The largest absolute Gasteiger partial charge is 0.492 e. The molecule has 19 heavy (non-hydrogen) atoms. The number of aromatic nitrogens is 2. The van der Waals surface area contributed by atoms with Gasteiger partial charge in [-0.1, -0.05) is 6.07 Å². The van der Waals surface area contributed by atoms with E-state index >= 15 is 0 Å². The highest BCUT2D eigenvalue weighted by molar-refractivity contribution is 5.94. The molecule has 1 heterocycles. The molecule has 0 saturated heterocycles. The van der Waals surface area contributed by atoms with Gasteiger partial charge in [-0.3, -0.25) is 9.89 Å². The van der Waals surface area contributed by atoms with E-state index < -0.39 is 0 Å². The summed E-state index contributed by atoms with van der Waals surface area (Å²) < 4.78 is 5.47. The molecule has 0 saturated carbocycles. The Hall–Kier alpha value is -2.50. The molecule has 0 aliphatic rings. The van der Waals surface area contributed by atoms with Crippen molar-refractivity contribution in [1.82, 2.24) is 15.5 Å². The smallest absolute Gasteiger partial charge is 0.254 e. The minimum absolute atomic E-state index is 0.164. The Morgan fingerprint density at radius 1 is 1.53 bits per heavy atom. The Bertz CT molecular complexity index is 565. The molecule has 0 radical (unpaired) electrons. The number of carbonyl (C=O) groups is 1. The zero-order valence-electron chi connectivity index (χ0n) is 10.6. The van der Waals surface area contributed by atoms with Crippen molar-refractivity contribution in [2.45, 2.75) is 6.92 Å². The molecular formula is C13H16N4O2. The van der Waals surface area contributed by atoms with Crippen LogP contribution in [0.5, 0.6) is 5.75 Å². The van der Waals surface area contributed by atoms with E-state index in [1.54, 1.807) is 19.1 Å². The van der Waals surface area contributed by atoms with Crippen molar-refractivity contribution in [3.05, 3.63) is 41.7 Å². The van der Waals surface area contributed by atoms with Crippen molar-refractivity contribution in [3.63, 3.8) is 0 Å². The topological polar surface area (TPSA) is 93.0 Å². The fourth-order valence-electron chi connectivity index (χ4n) is 1.61. The molecule has 2 aromatic rings. The van der Waals surface area contributed by atoms with Gasteiger partial charge in [-0.15, -0.1) is 0 Å². The number of nitrogens with two attached hydrogens (primary N) is 1. The summed E-state index contributed by atoms with van der Waals surface area (Å²) in [5, 5.41) is 9.27. The van der Waals surface area contributed by atoms with Gasteiger partial charge in [-0.25, -0.2) is 0 Å². The highest BCUT2D eigenvalue weighted by atomic mass is 16.5. The van der Waals surface area contributed by atoms with Crippen LogP contribution in [0.15, 0.2) is 30.5 Å². The maximum atomic E-state index is 11.7. The monoisotopic (exact) mass is 260 g/mol. The number of H-pyrrole nitrogens is 1. The first-order valence-electron chi connectivity index (χ1n) is 5.93. The highest BCUT2D eigenvalue weighted by Crippen LogP contribution is 2.13. The summed E-state index contributed by atoms with van der Waals surface area (Å²) in [6, 6.07) is 7.16. The number of hydrogen-bond donors (Lipinski definition) is 3. The number of ether oxygens (including phenoxy) is 1. The normalized spacial score (nSPS) is 10.2. The molecular weight excluding hydrogens is 244 g/mol. The molecule has 6 nitrogen and oxygen atoms in total. The van der Waals surface area contributed by atoms with E-state index in [0.717, 1.165) is 5.69 Å². The van der Waals surface area contributed by atoms with Crippen molar-refractivity contribution >= 4 is 11.6 Å². The van der Waals surface area contributed by atoms with Crippen molar-refractivity contribution < 1.29 is 9.53 Å². The summed E-state index contributed by atoms with van der Waals surface area (Å²) in [5.41, 5.74) is 7.57. The van der Waals surface area contributed by atoms with Gasteiger partial charge in [-0.2, -0.15) is 5.10 Å². The van der Waals surface area contributed by atoms with Gasteiger partial charge in [0.1, 0.15) is 12.4 Å². The summed E-state index contributed by atoms with van der Waals surface area (Å²) >= 11 is 0. The van der Waals surface area contributed by atoms with E-state index in [0.29, 0.717) is 30.2 Å². The summed E-state index contributed by atoms with van der Waals surface area (Å²) in [6.45, 7) is 2.59. The van der Waals surface area contributed by atoms with Crippen LogP contribution in [0.3, 0.4) is 0 Å². The number of amides is 1. The average Bonchev–Trinajstić information content (AvgIpc) is 2.81. The number of nitrogen functional groups attached to an aromatic ring is 1. The van der Waals surface area contributed by atoms with Gasteiger partial charge in [0, 0.05) is 17.4 Å². The molecule has 100 valence electrons. The van der Waals surface area contributed by atoms with Gasteiger partial charge in [0.15, 0.2) is 0 Å². The number of hydrogen-bond acceptors (Lipinski definition) is 4. The lowest BCUT2D eigenvalue weighted by Crippen LogP contribution is -2.28. The van der Waals surface area contributed by atoms with Crippen LogP contribution >= 0.6 is 0 Å². The van der Waals surface area contributed by atoms with Crippen LogP contribution in [-0.2, 0) is 0 Å². The van der Waals surface area contributed by atoms with Crippen molar-refractivity contribution in [1.29, 1.82) is 0 Å². The standard InChI is InChI=1S/C13H16N4O2/c1-9-12(8-16-17-9)13(18)15-5-6-19-11-4-2-3-10(14)7-11/h2-4,7-8H,5-6,14H2,1H3,(H,15,18)(H,16,17). The van der Waals surface area contributed by atoms with Gasteiger partial charge in [-0.05, 0) is 19.1 Å². The fraction of sp³-hybridized carbons (Fsp3) is 0.231. The van der Waals surface area contributed by atoms with Gasteiger partial charge >= 0.3 is 0 Å². The second-order valence-corrected chi connectivity index (χ2v) is 4.09. The number of aryl methyl sites for hydroxylation is 1. The highest BCUT2D eigenvalue weighted by Gasteiger charge is 2.09. The molecule has 4 N–H and O–H groups in total. The Morgan fingerprint density at radius 3 is 3.05 bits per heavy atom. The van der Waals surface area contributed by atoms with E-state index in [2.05, 4.69) is 15.5 Å². The van der Waals surface area contributed by atoms with E-state index in [-0.39, 0.29) is 5.91 Å². The van der Waals surface area contributed by atoms with Crippen LogP contribution in [0.2, 0.25) is 0 Å². The van der Waals surface area contributed by atoms with E-state index in [9.17, 15) is 4.79 Å². The molecule has 2 rings (SSSR count). The summed E-state index contributed by atoms with van der Waals surface area (Å²) in [6.07, 6.45) is 1.50. The first-order valence-corrected chi connectivity index (χ1v) is 5.93. The number of nitrogens with one attached hydrogen (secondary N) is 2. The summed E-state index contributed by atoms with van der Waals surface area (Å²) in [7, 11) is 0. The fourth-order valence-corrected chi connectivity index (χ4v) is 1.61. The number of rotatable bonds is 5. The van der Waals surface area contributed by atoms with E-state index in [1.807, 2.05) is 12.1 Å². The van der Waals surface area contributed by atoms with Gasteiger partial charge in [0.2, 0.25) is 0 Å². The van der Waals surface area contributed by atoms with Crippen LogP contribution in [0.25, 0.3) is 0 Å². The second kappa shape index (κ2) is 5.90. The maximum Gasteiger partial charge on any atom is 0.254 e. The molecule has 1 amide bonds. The van der Waals surface area contributed by atoms with Crippen molar-refractivity contribution in [2.75, 3.05) is 18.9 Å². The molecule has 1 aromatic carbocycles. The molecule has 0 bridgehead atoms. The number of carbonyl (C=O) groups excluding carboxylic acids is 1. The second-order valence-electron chi connectivity index (χ2n) is 4.09. The predicted molar refractivity (Wildman–Crippen MR) is 72.0 cm³/mol. The molecule has 0 fully saturated rings. The quantitative estimate of drug-likeness (QED) is 0.554. The Kier molecular flexibility index (Phi) is 4.02. The Morgan fingerprint density at radius 2 is 2.37 bits per heavy atom. The Labute approximate surface area is 111 Å². The van der Waals surface area contributed by atoms with Crippen molar-refractivity contribution in [3.8, 4) is 5.75 Å². The van der Waals surface area contributed by atoms with Crippen LogP contribution in [0.4, 0.5) is 5.69 Å². The van der Waals surface area contributed by atoms with E-state index in [4.69, 9.17) is 10.5 Å². The van der Waals surface area contributed by atoms with Gasteiger partial charge in [0.05, 0.1) is 18.3 Å². The summed E-state index contributed by atoms with van der Waals surface area (Å²) in [5.74, 6) is 0.524. The zero-order chi connectivity index (χ0) is 13.7. The first-order chi connectivity index (χ1) is 9.16. The van der Waals surface area contributed by atoms with Crippen LogP contribution in [0, 0.1) is 6.92 Å². The molecule has 1 aromatic heterocycles. The Balaban J connectivity index is 1.75. The third-order valence-electron chi connectivity index (χ3n) is 2.59. The first kappa shape index (κ1) is 12.9. The number of nitrogens with zero attached hydrogens (tertiary/aromatic N) is 1. The maximum absolute atomic E-state index is 11.7. The zero-order valence-corrected chi connectivity index (χ0v) is 10.6. The summed E-state index contributed by atoms with van der Waals surface area (Å²) in [4.78, 5) is 11.7. The predicted octanol–water partition coefficient (Wildman–Crippen LogP) is 1.11. The third kappa shape index (κ3) is 3.48. The van der Waals surface area contributed by atoms with Crippen molar-refractivity contribution in [2.24, 2.45) is 0 Å². The van der Waals surface area contributed by atoms with Crippen LogP contribution < -0.4 is 15.8 Å². The molecule has 0 aliphatic carbocycles. The number of benzene rings is 1. The SMILES string of the molecule is Cc1[nH]ncc1C(=O)NCCOc1cccc(N)c1. The van der Waals surface area contributed by atoms with E-state index in [1.165, 1.54) is 6.20 Å². The van der Waals surface area contributed by atoms with Gasteiger partial charge < -0.3 is 15.8 Å². The lowest BCUT2D eigenvalue weighted by molar-refractivity contribution is 0.0946. The lowest BCUT2D eigenvalue weighted by atomic mass is 10.2. The lowest BCUT2D eigenvalue weighted by Gasteiger charge is -2.07. The van der Waals surface area contributed by atoms with Gasteiger partial charge in [0.25, 0.3) is 5.91 Å². The van der Waals surface area contributed by atoms with Crippen LogP contribution in [0.1, 0.15) is 16.1 Å². The number of anilines is 1. The minimum Gasteiger partial charge on any atom is -0.492 e. The molecule has 0 unspecified atom stereocenters. The third-order valence-corrected chi connectivity index (χ3v) is 2.59. The molecule has 0 spiro atoms.